The summed E-state index contributed by atoms with van der Waals surface area (Å²) in [6.07, 6.45) is 0. The maximum Gasteiger partial charge on any atom is 0.266 e. The van der Waals surface area contributed by atoms with Crippen molar-refractivity contribution in [2.24, 2.45) is 0 Å². The molecule has 3 aromatic rings. The predicted octanol–water partition coefficient (Wildman–Crippen LogP) is 3.98. The number of sulfonamides is 1. The number of piperazine rings is 1. The summed E-state index contributed by atoms with van der Waals surface area (Å²) in [5.41, 5.74) is 0. The molecule has 0 aliphatic carbocycles. The largest absolute Gasteiger partial charge is 0.495 e. The summed E-state index contributed by atoms with van der Waals surface area (Å²) in [7, 11) is -0.355. The van der Waals surface area contributed by atoms with E-state index in [9.17, 15) is 8.42 Å². The van der Waals surface area contributed by atoms with Crippen LogP contribution < -0.4 is 14.4 Å². The molecule has 0 saturated carbocycles. The molecular weight excluding hydrogens is 504 g/mol. The summed E-state index contributed by atoms with van der Waals surface area (Å²) in [6.45, 7) is 3.54. The molecule has 0 atom stereocenters. The third-order valence-corrected chi connectivity index (χ3v) is 7.05. The van der Waals surface area contributed by atoms with Gasteiger partial charge in [-0.05, 0) is 36.7 Å². The zero-order valence-electron chi connectivity index (χ0n) is 17.2. The minimum atomic E-state index is -3.90. The van der Waals surface area contributed by atoms with E-state index in [0.29, 0.717) is 4.47 Å². The van der Waals surface area contributed by atoms with E-state index in [1.807, 2.05) is 24.3 Å². The van der Waals surface area contributed by atoms with E-state index in [0.717, 1.165) is 42.8 Å². The van der Waals surface area contributed by atoms with Crippen molar-refractivity contribution in [1.82, 2.24) is 9.88 Å². The van der Waals surface area contributed by atoms with Gasteiger partial charge in [-0.1, -0.05) is 40.2 Å². The lowest BCUT2D eigenvalue weighted by Crippen LogP contribution is -2.45. The maximum absolute atomic E-state index is 13.1. The first-order chi connectivity index (χ1) is 14.4. The van der Waals surface area contributed by atoms with Crippen LogP contribution in [0.2, 0.25) is 0 Å². The van der Waals surface area contributed by atoms with Crippen LogP contribution in [-0.2, 0) is 10.0 Å². The number of fused-ring (bicyclic) bond motifs is 1. The number of pyridine rings is 1. The van der Waals surface area contributed by atoms with Crippen LogP contribution in [0.4, 0.5) is 11.6 Å². The fourth-order valence-electron chi connectivity index (χ4n) is 3.55. The second-order valence-corrected chi connectivity index (χ2v) is 9.81. The van der Waals surface area contributed by atoms with Crippen LogP contribution in [0.25, 0.3) is 10.8 Å². The van der Waals surface area contributed by atoms with Crippen LogP contribution in [0.15, 0.2) is 57.9 Å². The van der Waals surface area contributed by atoms with Crippen LogP contribution in [0, 0.1) is 0 Å². The second kappa shape index (κ2) is 9.60. The average molecular weight is 528 g/mol. The lowest BCUT2D eigenvalue weighted by atomic mass is 10.1. The monoisotopic (exact) mass is 526 g/mol. The number of likely N-dealkylation sites (N-methyl/N-ethyl adjacent to an activating group) is 1. The molecule has 1 aliphatic rings. The molecule has 166 valence electrons. The van der Waals surface area contributed by atoms with Crippen molar-refractivity contribution in [2.75, 3.05) is 50.0 Å². The summed E-state index contributed by atoms with van der Waals surface area (Å²) < 4.78 is 34.8. The molecule has 31 heavy (non-hydrogen) atoms. The van der Waals surface area contributed by atoms with Crippen LogP contribution in [-0.4, -0.2) is 58.6 Å². The third-order valence-electron chi connectivity index (χ3n) is 5.18. The molecule has 2 aromatic carbocycles. The van der Waals surface area contributed by atoms with Gasteiger partial charge in [-0.25, -0.2) is 13.4 Å². The second-order valence-electron chi connectivity index (χ2n) is 7.24. The molecule has 1 saturated heterocycles. The van der Waals surface area contributed by atoms with Crippen molar-refractivity contribution < 1.29 is 13.2 Å². The van der Waals surface area contributed by atoms with Crippen molar-refractivity contribution in [1.29, 1.82) is 0 Å². The number of hydrogen-bond acceptors (Lipinski definition) is 6. The Morgan fingerprint density at radius 3 is 2.48 bits per heavy atom. The molecule has 10 heteroatoms. The van der Waals surface area contributed by atoms with Crippen molar-refractivity contribution in [3.05, 3.63) is 53.0 Å². The molecule has 0 unspecified atom stereocenters. The Bertz CT molecular complexity index is 1180. The van der Waals surface area contributed by atoms with E-state index in [2.05, 4.69) is 37.5 Å². The number of methoxy groups -OCH3 is 1. The molecule has 1 aliphatic heterocycles. The number of nitrogens with one attached hydrogen (secondary N) is 1. The minimum absolute atomic E-state index is 0. The third kappa shape index (κ3) is 5.06. The average Bonchev–Trinajstić information content (AvgIpc) is 2.73. The van der Waals surface area contributed by atoms with Gasteiger partial charge < -0.3 is 14.5 Å². The summed E-state index contributed by atoms with van der Waals surface area (Å²) in [5, 5.41) is 1.94. The van der Waals surface area contributed by atoms with Crippen molar-refractivity contribution in [2.45, 2.75) is 4.90 Å². The van der Waals surface area contributed by atoms with Crippen LogP contribution in [0.3, 0.4) is 0 Å². The molecule has 1 N–H and O–H groups in total. The van der Waals surface area contributed by atoms with E-state index in [-0.39, 0.29) is 28.9 Å². The Morgan fingerprint density at radius 2 is 1.77 bits per heavy atom. The van der Waals surface area contributed by atoms with Gasteiger partial charge in [0.1, 0.15) is 22.3 Å². The van der Waals surface area contributed by atoms with Gasteiger partial charge in [0.15, 0.2) is 0 Å². The highest BCUT2D eigenvalue weighted by atomic mass is 79.9. The normalized spacial score (nSPS) is 14.9. The molecule has 4 rings (SSSR count). The number of halogens is 2. The van der Waals surface area contributed by atoms with E-state index < -0.39 is 10.0 Å². The smallest absolute Gasteiger partial charge is 0.266 e. The van der Waals surface area contributed by atoms with Crippen LogP contribution in [0.1, 0.15) is 0 Å². The van der Waals surface area contributed by atoms with Gasteiger partial charge >= 0.3 is 0 Å². The topological polar surface area (TPSA) is 74.8 Å². The van der Waals surface area contributed by atoms with Crippen molar-refractivity contribution >= 4 is 60.8 Å². The molecule has 1 fully saturated rings. The molecule has 1 aromatic heterocycles. The standard InChI is InChI=1S/C21H23BrN4O3S.ClH/c1-25-9-11-26(12-10-25)21-17-6-4-3-5-15(17)13-20(23-21)24-30(27,28)19-14-16(22)7-8-18(19)29-2;/h3-8,13-14H,9-12H2,1-2H3,(H,23,24);1H. The number of hydrogen-bond donors (Lipinski definition) is 1. The summed E-state index contributed by atoms with van der Waals surface area (Å²) in [6, 6.07) is 14.5. The Labute approximate surface area is 197 Å². The first kappa shape index (κ1) is 23.6. The molecule has 0 radical (unpaired) electrons. The number of benzene rings is 2. The molecule has 0 amide bonds. The number of anilines is 2. The Balaban J connectivity index is 0.00000272. The Morgan fingerprint density at radius 1 is 1.06 bits per heavy atom. The molecule has 0 bridgehead atoms. The lowest BCUT2D eigenvalue weighted by Gasteiger charge is -2.34. The number of ether oxygens (including phenoxy) is 1. The van der Waals surface area contributed by atoms with Gasteiger partial charge in [0.25, 0.3) is 10.0 Å². The Kier molecular flexibility index (Phi) is 7.31. The van der Waals surface area contributed by atoms with Crippen molar-refractivity contribution in [3.8, 4) is 5.75 Å². The summed E-state index contributed by atoms with van der Waals surface area (Å²) in [5.74, 6) is 1.34. The van der Waals surface area contributed by atoms with Crippen LogP contribution in [0.5, 0.6) is 5.75 Å². The fraction of sp³-hybridized carbons (Fsp3) is 0.286. The summed E-state index contributed by atoms with van der Waals surface area (Å²) in [4.78, 5) is 9.23. The molecule has 7 nitrogen and oxygen atoms in total. The van der Waals surface area contributed by atoms with Gasteiger partial charge in [0.2, 0.25) is 0 Å². The first-order valence-corrected chi connectivity index (χ1v) is 11.8. The number of aromatic nitrogens is 1. The van der Waals surface area contributed by atoms with Gasteiger partial charge in [-0.15, -0.1) is 12.4 Å². The minimum Gasteiger partial charge on any atom is -0.495 e. The van der Waals surface area contributed by atoms with Gasteiger partial charge in [-0.3, -0.25) is 4.72 Å². The molecular formula is C21H24BrClN4O3S. The first-order valence-electron chi connectivity index (χ1n) is 9.57. The number of nitrogens with zero attached hydrogens (tertiary/aromatic N) is 3. The van der Waals surface area contributed by atoms with Gasteiger partial charge in [-0.2, -0.15) is 0 Å². The van der Waals surface area contributed by atoms with Crippen LogP contribution >= 0.6 is 28.3 Å². The van der Waals surface area contributed by atoms with E-state index in [4.69, 9.17) is 9.72 Å². The molecule has 2 heterocycles. The zero-order valence-corrected chi connectivity index (χ0v) is 20.4. The quantitative estimate of drug-likeness (QED) is 0.541. The summed E-state index contributed by atoms with van der Waals surface area (Å²) >= 11 is 3.33. The molecule has 0 spiro atoms. The van der Waals surface area contributed by atoms with E-state index in [1.165, 1.54) is 13.2 Å². The zero-order chi connectivity index (χ0) is 21.3. The fourth-order valence-corrected chi connectivity index (χ4v) is 5.25. The van der Waals surface area contributed by atoms with E-state index >= 15 is 0 Å². The van der Waals surface area contributed by atoms with Gasteiger partial charge in [0.05, 0.1) is 7.11 Å². The predicted molar refractivity (Wildman–Crippen MR) is 130 cm³/mol. The highest BCUT2D eigenvalue weighted by Crippen LogP contribution is 2.32. The lowest BCUT2D eigenvalue weighted by molar-refractivity contribution is 0.312. The number of rotatable bonds is 5. The Hall–Kier alpha value is -2.07. The highest BCUT2D eigenvalue weighted by Gasteiger charge is 2.23. The van der Waals surface area contributed by atoms with Gasteiger partial charge in [0, 0.05) is 36.0 Å². The highest BCUT2D eigenvalue weighted by molar-refractivity contribution is 9.10. The SMILES string of the molecule is COc1ccc(Br)cc1S(=O)(=O)Nc1cc2ccccc2c(N2CCN(C)CC2)n1.Cl. The maximum atomic E-state index is 13.1. The van der Waals surface area contributed by atoms with E-state index in [1.54, 1.807) is 18.2 Å². The van der Waals surface area contributed by atoms with Crippen molar-refractivity contribution in [3.63, 3.8) is 0 Å².